The molecule has 0 bridgehead atoms. The van der Waals surface area contributed by atoms with Crippen LogP contribution in [0.15, 0.2) is 11.1 Å². The third kappa shape index (κ3) is 3.99. The summed E-state index contributed by atoms with van der Waals surface area (Å²) in [5, 5.41) is 6.07. The lowest BCUT2D eigenvalue weighted by Crippen LogP contribution is -2.34. The summed E-state index contributed by atoms with van der Waals surface area (Å²) in [4.78, 5) is 0.0279. The third-order valence-electron chi connectivity index (χ3n) is 2.79. The third-order valence-corrected chi connectivity index (χ3v) is 4.33. The smallest absolute Gasteiger partial charge is 0.246 e. The zero-order chi connectivity index (χ0) is 13.6. The molecule has 1 heterocycles. The van der Waals surface area contributed by atoms with E-state index in [-0.39, 0.29) is 16.8 Å². The van der Waals surface area contributed by atoms with Crippen LogP contribution in [0.25, 0.3) is 0 Å². The largest absolute Gasteiger partial charge is 0.383 e. The Morgan fingerprint density at radius 1 is 1.39 bits per heavy atom. The van der Waals surface area contributed by atoms with Crippen LogP contribution in [0.3, 0.4) is 0 Å². The van der Waals surface area contributed by atoms with Crippen molar-refractivity contribution in [2.45, 2.75) is 56.9 Å². The molecular formula is C11H22N4O2S. The number of aromatic amines is 1. The predicted octanol–water partition coefficient (Wildman–Crippen LogP) is 1.63. The Hall–Kier alpha value is -1.08. The van der Waals surface area contributed by atoms with E-state index in [4.69, 9.17) is 5.73 Å². The first-order chi connectivity index (χ1) is 8.51. The number of nitrogens with zero attached hydrogens (tertiary/aromatic N) is 1. The molecule has 0 spiro atoms. The van der Waals surface area contributed by atoms with E-state index < -0.39 is 10.0 Å². The molecule has 4 N–H and O–H groups in total. The molecule has 6 nitrogen and oxygen atoms in total. The number of hydrogen-bond acceptors (Lipinski definition) is 4. The molecule has 0 aliphatic rings. The second-order valence-corrected chi connectivity index (χ2v) is 6.08. The maximum absolute atomic E-state index is 12.1. The molecule has 0 radical (unpaired) electrons. The zero-order valence-corrected chi connectivity index (χ0v) is 11.8. The standard InChI is InChI=1S/C11H22N4O2S/c1-3-5-7-9(6-4-2)15-18(16,17)10-8-13-14-11(10)12/h8-9,15H,3-7H2,1-2H3,(H3,12,13,14). The van der Waals surface area contributed by atoms with Gasteiger partial charge in [0, 0.05) is 6.04 Å². The Bertz CT molecular complexity index is 455. The Kier molecular flexibility index (Phi) is 5.61. The minimum atomic E-state index is -3.57. The van der Waals surface area contributed by atoms with Gasteiger partial charge in [-0.25, -0.2) is 13.1 Å². The van der Waals surface area contributed by atoms with E-state index in [0.717, 1.165) is 32.1 Å². The van der Waals surface area contributed by atoms with E-state index in [2.05, 4.69) is 21.8 Å². The maximum Gasteiger partial charge on any atom is 0.246 e. The molecule has 0 amide bonds. The monoisotopic (exact) mass is 274 g/mol. The van der Waals surface area contributed by atoms with Crippen LogP contribution in [-0.4, -0.2) is 24.7 Å². The first-order valence-electron chi connectivity index (χ1n) is 6.32. The van der Waals surface area contributed by atoms with Gasteiger partial charge in [0.25, 0.3) is 0 Å². The molecule has 1 unspecified atom stereocenters. The van der Waals surface area contributed by atoms with Gasteiger partial charge >= 0.3 is 0 Å². The molecule has 18 heavy (non-hydrogen) atoms. The molecule has 0 saturated heterocycles. The summed E-state index contributed by atoms with van der Waals surface area (Å²) in [6, 6.07) is -0.0331. The molecule has 1 aromatic heterocycles. The highest BCUT2D eigenvalue weighted by molar-refractivity contribution is 7.89. The van der Waals surface area contributed by atoms with Gasteiger partial charge in [-0.05, 0) is 12.8 Å². The molecule has 0 aliphatic heterocycles. The fourth-order valence-electron chi connectivity index (χ4n) is 1.84. The number of unbranched alkanes of at least 4 members (excludes halogenated alkanes) is 1. The summed E-state index contributed by atoms with van der Waals surface area (Å²) in [5.74, 6) is 0.0771. The number of H-pyrrole nitrogens is 1. The quantitative estimate of drug-likeness (QED) is 0.670. The Labute approximate surface area is 108 Å². The summed E-state index contributed by atoms with van der Waals surface area (Å²) in [6.07, 6.45) is 5.92. The number of anilines is 1. The number of nitrogens with two attached hydrogens (primary N) is 1. The van der Waals surface area contributed by atoms with Crippen LogP contribution in [0.1, 0.15) is 46.0 Å². The SMILES string of the molecule is CCCCC(CCC)NS(=O)(=O)c1cn[nH]c1N. The normalized spacial score (nSPS) is 13.7. The Morgan fingerprint density at radius 3 is 2.61 bits per heavy atom. The van der Waals surface area contributed by atoms with E-state index >= 15 is 0 Å². The molecule has 1 aromatic rings. The van der Waals surface area contributed by atoms with Gasteiger partial charge in [-0.3, -0.25) is 5.10 Å². The van der Waals surface area contributed by atoms with Crippen LogP contribution in [0.2, 0.25) is 0 Å². The number of nitrogen functional groups attached to an aromatic ring is 1. The van der Waals surface area contributed by atoms with E-state index in [1.54, 1.807) is 0 Å². The second kappa shape index (κ2) is 6.75. The van der Waals surface area contributed by atoms with Crippen molar-refractivity contribution in [3.63, 3.8) is 0 Å². The van der Waals surface area contributed by atoms with E-state index in [9.17, 15) is 8.42 Å². The van der Waals surface area contributed by atoms with Crippen LogP contribution in [-0.2, 0) is 10.0 Å². The first-order valence-corrected chi connectivity index (χ1v) is 7.80. The molecule has 0 aliphatic carbocycles. The van der Waals surface area contributed by atoms with Gasteiger partial charge in [0.2, 0.25) is 10.0 Å². The molecule has 0 fully saturated rings. The minimum absolute atomic E-state index is 0.0279. The highest BCUT2D eigenvalue weighted by Gasteiger charge is 2.22. The van der Waals surface area contributed by atoms with Gasteiger partial charge in [-0.2, -0.15) is 5.10 Å². The van der Waals surface area contributed by atoms with Crippen molar-refractivity contribution in [1.29, 1.82) is 0 Å². The highest BCUT2D eigenvalue weighted by Crippen LogP contribution is 2.16. The molecular weight excluding hydrogens is 252 g/mol. The van der Waals surface area contributed by atoms with Crippen molar-refractivity contribution in [3.8, 4) is 0 Å². The summed E-state index contributed by atoms with van der Waals surface area (Å²) in [5.41, 5.74) is 5.54. The fourth-order valence-corrected chi connectivity index (χ4v) is 3.17. The van der Waals surface area contributed by atoms with Gasteiger partial charge in [0.15, 0.2) is 0 Å². The summed E-state index contributed by atoms with van der Waals surface area (Å²) < 4.78 is 26.9. The lowest BCUT2D eigenvalue weighted by molar-refractivity contribution is 0.483. The highest BCUT2D eigenvalue weighted by atomic mass is 32.2. The van der Waals surface area contributed by atoms with Crippen molar-refractivity contribution in [2.24, 2.45) is 0 Å². The molecule has 1 rings (SSSR count). The van der Waals surface area contributed by atoms with Crippen molar-refractivity contribution in [3.05, 3.63) is 6.20 Å². The summed E-state index contributed by atoms with van der Waals surface area (Å²) in [6.45, 7) is 4.13. The second-order valence-electron chi connectivity index (χ2n) is 4.40. The van der Waals surface area contributed by atoms with Crippen molar-refractivity contribution in [1.82, 2.24) is 14.9 Å². The van der Waals surface area contributed by atoms with Crippen molar-refractivity contribution >= 4 is 15.8 Å². The van der Waals surface area contributed by atoms with E-state index in [0.29, 0.717) is 0 Å². The molecule has 0 aromatic carbocycles. The lowest BCUT2D eigenvalue weighted by Gasteiger charge is -2.17. The first kappa shape index (κ1) is 15.0. The number of nitrogens with one attached hydrogen (secondary N) is 2. The average Bonchev–Trinajstić information content (AvgIpc) is 2.73. The zero-order valence-electron chi connectivity index (χ0n) is 10.9. The number of hydrogen-bond donors (Lipinski definition) is 3. The predicted molar refractivity (Wildman–Crippen MR) is 71.5 cm³/mol. The molecule has 104 valence electrons. The van der Waals surface area contributed by atoms with Crippen LogP contribution in [0.5, 0.6) is 0 Å². The fraction of sp³-hybridized carbons (Fsp3) is 0.727. The molecule has 0 saturated carbocycles. The lowest BCUT2D eigenvalue weighted by atomic mass is 10.1. The number of rotatable bonds is 8. The van der Waals surface area contributed by atoms with Crippen LogP contribution in [0.4, 0.5) is 5.82 Å². The van der Waals surface area contributed by atoms with Gasteiger partial charge in [-0.15, -0.1) is 0 Å². The Balaban J connectivity index is 2.76. The molecule has 7 heteroatoms. The topological polar surface area (TPSA) is 101 Å². The van der Waals surface area contributed by atoms with E-state index in [1.165, 1.54) is 6.20 Å². The van der Waals surface area contributed by atoms with Crippen LogP contribution >= 0.6 is 0 Å². The van der Waals surface area contributed by atoms with Gasteiger partial charge < -0.3 is 5.73 Å². The number of sulfonamides is 1. The van der Waals surface area contributed by atoms with Crippen molar-refractivity contribution in [2.75, 3.05) is 5.73 Å². The summed E-state index contributed by atoms with van der Waals surface area (Å²) in [7, 11) is -3.57. The Morgan fingerprint density at radius 2 is 2.11 bits per heavy atom. The average molecular weight is 274 g/mol. The van der Waals surface area contributed by atoms with Crippen LogP contribution in [0, 0.1) is 0 Å². The van der Waals surface area contributed by atoms with Crippen molar-refractivity contribution < 1.29 is 8.42 Å². The molecule has 1 atom stereocenters. The minimum Gasteiger partial charge on any atom is -0.383 e. The van der Waals surface area contributed by atoms with Crippen LogP contribution < -0.4 is 10.5 Å². The van der Waals surface area contributed by atoms with Gasteiger partial charge in [-0.1, -0.05) is 33.1 Å². The van der Waals surface area contributed by atoms with Gasteiger partial charge in [0.1, 0.15) is 10.7 Å². The summed E-state index contributed by atoms with van der Waals surface area (Å²) >= 11 is 0. The van der Waals surface area contributed by atoms with Gasteiger partial charge in [0.05, 0.1) is 6.20 Å². The van der Waals surface area contributed by atoms with E-state index in [1.807, 2.05) is 6.92 Å². The number of aromatic nitrogens is 2. The maximum atomic E-state index is 12.1.